The topological polar surface area (TPSA) is 27.7 Å². The van der Waals surface area contributed by atoms with E-state index in [9.17, 15) is 0 Å². The highest BCUT2D eigenvalue weighted by Gasteiger charge is 2.32. The molecule has 0 spiro atoms. The molecule has 3 nitrogen and oxygen atoms in total. The fraction of sp³-hybridized carbons (Fsp3) is 0.500. The standard InChI is InChI=1S/C12H16O3/c1-8-9(2)15-12(14-8)10-6-4-5-7-11(10)13-3/h4-9,12H,1-3H3. The van der Waals surface area contributed by atoms with Crippen molar-refractivity contribution in [3.63, 3.8) is 0 Å². The van der Waals surface area contributed by atoms with Gasteiger partial charge in [-0.15, -0.1) is 0 Å². The van der Waals surface area contributed by atoms with Crippen LogP contribution in [0.1, 0.15) is 25.7 Å². The summed E-state index contributed by atoms with van der Waals surface area (Å²) < 4.78 is 16.7. The third-order valence-electron chi connectivity index (χ3n) is 2.73. The van der Waals surface area contributed by atoms with Crippen molar-refractivity contribution in [3.05, 3.63) is 29.8 Å². The van der Waals surface area contributed by atoms with Crippen LogP contribution in [-0.4, -0.2) is 19.3 Å². The molecule has 1 aliphatic rings. The van der Waals surface area contributed by atoms with Gasteiger partial charge in [-0.25, -0.2) is 0 Å². The summed E-state index contributed by atoms with van der Waals surface area (Å²) >= 11 is 0. The van der Waals surface area contributed by atoms with Crippen LogP contribution in [0, 0.1) is 0 Å². The van der Waals surface area contributed by atoms with Crippen LogP contribution in [0.3, 0.4) is 0 Å². The third-order valence-corrected chi connectivity index (χ3v) is 2.73. The molecule has 1 aromatic rings. The van der Waals surface area contributed by atoms with Crippen molar-refractivity contribution in [1.29, 1.82) is 0 Å². The molecule has 3 heteroatoms. The van der Waals surface area contributed by atoms with Gasteiger partial charge in [-0.05, 0) is 19.9 Å². The maximum absolute atomic E-state index is 5.70. The molecule has 1 aliphatic heterocycles. The number of methoxy groups -OCH3 is 1. The Morgan fingerprint density at radius 2 is 1.67 bits per heavy atom. The molecule has 15 heavy (non-hydrogen) atoms. The van der Waals surface area contributed by atoms with Crippen LogP contribution < -0.4 is 4.74 Å². The van der Waals surface area contributed by atoms with E-state index >= 15 is 0 Å². The van der Waals surface area contributed by atoms with Crippen molar-refractivity contribution in [1.82, 2.24) is 0 Å². The van der Waals surface area contributed by atoms with Gasteiger partial charge in [0, 0.05) is 5.56 Å². The van der Waals surface area contributed by atoms with E-state index in [0.717, 1.165) is 11.3 Å². The molecule has 2 rings (SSSR count). The summed E-state index contributed by atoms with van der Waals surface area (Å²) in [5.41, 5.74) is 0.955. The van der Waals surface area contributed by atoms with Gasteiger partial charge in [-0.1, -0.05) is 18.2 Å². The highest BCUT2D eigenvalue weighted by atomic mass is 16.7. The SMILES string of the molecule is COc1ccccc1C1OC(C)C(C)O1. The number of hydrogen-bond acceptors (Lipinski definition) is 3. The largest absolute Gasteiger partial charge is 0.496 e. The number of benzene rings is 1. The quantitative estimate of drug-likeness (QED) is 0.747. The van der Waals surface area contributed by atoms with Crippen LogP contribution in [0.2, 0.25) is 0 Å². The van der Waals surface area contributed by atoms with Crippen LogP contribution in [0.25, 0.3) is 0 Å². The predicted octanol–water partition coefficient (Wildman–Crippen LogP) is 2.52. The summed E-state index contributed by atoms with van der Waals surface area (Å²) in [6.45, 7) is 4.03. The maximum Gasteiger partial charge on any atom is 0.188 e. The Bertz CT molecular complexity index is 327. The van der Waals surface area contributed by atoms with Crippen LogP contribution in [0.15, 0.2) is 24.3 Å². The summed E-state index contributed by atoms with van der Waals surface area (Å²) in [6.07, 6.45) is -0.0500. The lowest BCUT2D eigenvalue weighted by molar-refractivity contribution is -0.0664. The van der Waals surface area contributed by atoms with Gasteiger partial charge >= 0.3 is 0 Å². The lowest BCUT2D eigenvalue weighted by Crippen LogP contribution is -2.13. The average molecular weight is 208 g/mol. The molecule has 2 atom stereocenters. The molecule has 0 N–H and O–H groups in total. The highest BCUT2D eigenvalue weighted by Crippen LogP contribution is 2.35. The zero-order valence-corrected chi connectivity index (χ0v) is 9.27. The van der Waals surface area contributed by atoms with Crippen molar-refractivity contribution in [2.45, 2.75) is 32.3 Å². The molecule has 0 aliphatic carbocycles. The minimum Gasteiger partial charge on any atom is -0.496 e. The molecular weight excluding hydrogens is 192 g/mol. The van der Waals surface area contributed by atoms with Gasteiger partial charge in [0.15, 0.2) is 6.29 Å². The minimum absolute atomic E-state index is 0.125. The second-order valence-electron chi connectivity index (χ2n) is 3.76. The Balaban J connectivity index is 2.23. The third kappa shape index (κ3) is 1.98. The van der Waals surface area contributed by atoms with E-state index in [1.807, 2.05) is 38.1 Å². The predicted molar refractivity (Wildman–Crippen MR) is 56.8 cm³/mol. The zero-order chi connectivity index (χ0) is 10.8. The van der Waals surface area contributed by atoms with E-state index in [4.69, 9.17) is 14.2 Å². The fourth-order valence-corrected chi connectivity index (χ4v) is 1.65. The van der Waals surface area contributed by atoms with E-state index < -0.39 is 0 Å². The van der Waals surface area contributed by atoms with Gasteiger partial charge in [-0.3, -0.25) is 0 Å². The van der Waals surface area contributed by atoms with E-state index in [1.54, 1.807) is 7.11 Å². The zero-order valence-electron chi connectivity index (χ0n) is 9.27. The maximum atomic E-state index is 5.70. The smallest absolute Gasteiger partial charge is 0.188 e. The van der Waals surface area contributed by atoms with Crippen molar-refractivity contribution in [2.24, 2.45) is 0 Å². The molecule has 1 saturated heterocycles. The van der Waals surface area contributed by atoms with E-state index in [2.05, 4.69) is 0 Å². The monoisotopic (exact) mass is 208 g/mol. The van der Waals surface area contributed by atoms with E-state index in [1.165, 1.54) is 0 Å². The Kier molecular flexibility index (Phi) is 2.93. The Labute approximate surface area is 90.0 Å². The van der Waals surface area contributed by atoms with E-state index in [0.29, 0.717) is 0 Å². The molecule has 1 heterocycles. The van der Waals surface area contributed by atoms with Crippen LogP contribution >= 0.6 is 0 Å². The van der Waals surface area contributed by atoms with Crippen molar-refractivity contribution in [3.8, 4) is 5.75 Å². The molecule has 2 unspecified atom stereocenters. The summed E-state index contributed by atoms with van der Waals surface area (Å²) in [5.74, 6) is 0.809. The Morgan fingerprint density at radius 1 is 1.07 bits per heavy atom. The van der Waals surface area contributed by atoms with Crippen LogP contribution in [0.5, 0.6) is 5.75 Å². The lowest BCUT2D eigenvalue weighted by atomic mass is 10.2. The normalized spacial score (nSPS) is 30.5. The molecule has 0 saturated carbocycles. The molecule has 0 bridgehead atoms. The van der Waals surface area contributed by atoms with Crippen molar-refractivity contribution < 1.29 is 14.2 Å². The minimum atomic E-state index is -0.300. The first-order valence-corrected chi connectivity index (χ1v) is 5.16. The summed E-state index contributed by atoms with van der Waals surface area (Å²) in [4.78, 5) is 0. The fourth-order valence-electron chi connectivity index (χ4n) is 1.65. The van der Waals surface area contributed by atoms with E-state index in [-0.39, 0.29) is 18.5 Å². The summed E-state index contributed by atoms with van der Waals surface area (Å²) in [5, 5.41) is 0. The highest BCUT2D eigenvalue weighted by molar-refractivity contribution is 5.34. The molecule has 0 amide bonds. The van der Waals surface area contributed by atoms with Crippen LogP contribution in [0.4, 0.5) is 0 Å². The summed E-state index contributed by atoms with van der Waals surface area (Å²) in [7, 11) is 1.65. The van der Waals surface area contributed by atoms with Crippen molar-refractivity contribution in [2.75, 3.05) is 7.11 Å². The Morgan fingerprint density at radius 3 is 2.27 bits per heavy atom. The molecule has 1 aromatic carbocycles. The van der Waals surface area contributed by atoms with Gasteiger partial charge in [0.25, 0.3) is 0 Å². The van der Waals surface area contributed by atoms with Gasteiger partial charge in [-0.2, -0.15) is 0 Å². The summed E-state index contributed by atoms with van der Waals surface area (Å²) in [6, 6.07) is 7.77. The number of para-hydroxylation sites is 1. The molecular formula is C12H16O3. The number of hydrogen-bond donors (Lipinski definition) is 0. The second kappa shape index (κ2) is 4.21. The molecule has 1 fully saturated rings. The number of rotatable bonds is 2. The van der Waals surface area contributed by atoms with Gasteiger partial charge < -0.3 is 14.2 Å². The molecule has 82 valence electrons. The average Bonchev–Trinajstić information content (AvgIpc) is 2.59. The first-order valence-electron chi connectivity index (χ1n) is 5.16. The lowest BCUT2D eigenvalue weighted by Gasteiger charge is -2.13. The molecule has 0 radical (unpaired) electrons. The Hall–Kier alpha value is -1.06. The first-order chi connectivity index (χ1) is 7.22. The number of ether oxygens (including phenoxy) is 3. The van der Waals surface area contributed by atoms with Gasteiger partial charge in [0.2, 0.25) is 0 Å². The van der Waals surface area contributed by atoms with Gasteiger partial charge in [0.05, 0.1) is 19.3 Å². The second-order valence-corrected chi connectivity index (χ2v) is 3.76. The van der Waals surface area contributed by atoms with Gasteiger partial charge in [0.1, 0.15) is 5.75 Å². The van der Waals surface area contributed by atoms with Crippen LogP contribution in [-0.2, 0) is 9.47 Å². The van der Waals surface area contributed by atoms with Crippen molar-refractivity contribution >= 4 is 0 Å². The first kappa shape index (κ1) is 10.5. The molecule has 0 aromatic heterocycles.